The molecular formula is C25H34N2O4. The lowest BCUT2D eigenvalue weighted by molar-refractivity contribution is -0.142. The molecular weight excluding hydrogens is 392 g/mol. The van der Waals surface area contributed by atoms with Gasteiger partial charge < -0.3 is 19.7 Å². The molecule has 0 saturated carbocycles. The van der Waals surface area contributed by atoms with Gasteiger partial charge in [-0.1, -0.05) is 37.6 Å². The highest BCUT2D eigenvalue weighted by Gasteiger charge is 2.26. The topological polar surface area (TPSA) is 67.9 Å². The zero-order valence-electron chi connectivity index (χ0n) is 19.2. The second-order valence-electron chi connectivity index (χ2n) is 7.75. The van der Waals surface area contributed by atoms with E-state index in [9.17, 15) is 9.59 Å². The van der Waals surface area contributed by atoms with Crippen LogP contribution in [0.15, 0.2) is 42.5 Å². The molecule has 2 aromatic rings. The standard InChI is InChI=1S/C25H34N2O4/c1-6-7-13-26-25(29)20(4)27(16-21-9-8-10-22(15-21)30-5)24(28)17-31-23-14-18(2)11-12-19(23)3/h8-12,14-15,20H,6-7,13,16-17H2,1-5H3,(H,26,29)/t20-/m1/s1. The third kappa shape index (κ3) is 7.31. The highest BCUT2D eigenvalue weighted by molar-refractivity contribution is 5.88. The molecule has 2 rings (SSSR count). The first-order chi connectivity index (χ1) is 14.8. The number of nitrogens with zero attached hydrogens (tertiary/aromatic N) is 1. The van der Waals surface area contributed by atoms with Crippen molar-refractivity contribution in [2.45, 2.75) is 53.1 Å². The third-order valence-corrected chi connectivity index (χ3v) is 5.18. The Hall–Kier alpha value is -3.02. The third-order valence-electron chi connectivity index (χ3n) is 5.18. The van der Waals surface area contributed by atoms with Crippen molar-refractivity contribution in [1.29, 1.82) is 0 Å². The van der Waals surface area contributed by atoms with Crippen LogP contribution in [0.3, 0.4) is 0 Å². The molecule has 0 aliphatic carbocycles. The molecule has 0 radical (unpaired) electrons. The van der Waals surface area contributed by atoms with Crippen LogP contribution in [0.5, 0.6) is 11.5 Å². The van der Waals surface area contributed by atoms with Gasteiger partial charge >= 0.3 is 0 Å². The predicted octanol–water partition coefficient (Wildman–Crippen LogP) is 4.02. The quantitative estimate of drug-likeness (QED) is 0.551. The van der Waals surface area contributed by atoms with E-state index in [0.717, 1.165) is 29.5 Å². The summed E-state index contributed by atoms with van der Waals surface area (Å²) in [5.74, 6) is 0.963. The van der Waals surface area contributed by atoms with Crippen LogP contribution in [-0.4, -0.2) is 43.0 Å². The number of methoxy groups -OCH3 is 1. The summed E-state index contributed by atoms with van der Waals surface area (Å²) in [5, 5.41) is 2.92. The number of carbonyl (C=O) groups is 2. The van der Waals surface area contributed by atoms with Gasteiger partial charge in [-0.05, 0) is 62.1 Å². The van der Waals surface area contributed by atoms with E-state index in [1.165, 1.54) is 0 Å². The minimum absolute atomic E-state index is 0.138. The smallest absolute Gasteiger partial charge is 0.261 e. The Balaban J connectivity index is 2.17. The van der Waals surface area contributed by atoms with Crippen molar-refractivity contribution >= 4 is 11.8 Å². The van der Waals surface area contributed by atoms with Gasteiger partial charge in [-0.3, -0.25) is 9.59 Å². The summed E-state index contributed by atoms with van der Waals surface area (Å²) in [6, 6.07) is 12.8. The molecule has 31 heavy (non-hydrogen) atoms. The van der Waals surface area contributed by atoms with Gasteiger partial charge in [0.15, 0.2) is 6.61 Å². The van der Waals surface area contributed by atoms with Crippen molar-refractivity contribution in [3.63, 3.8) is 0 Å². The first-order valence-corrected chi connectivity index (χ1v) is 10.8. The number of unbranched alkanes of at least 4 members (excludes halogenated alkanes) is 1. The van der Waals surface area contributed by atoms with E-state index >= 15 is 0 Å². The minimum atomic E-state index is -0.627. The Kier molecular flexibility index (Phi) is 9.38. The molecule has 2 aromatic carbocycles. The van der Waals surface area contributed by atoms with E-state index in [1.54, 1.807) is 18.9 Å². The molecule has 0 aromatic heterocycles. The van der Waals surface area contributed by atoms with Crippen LogP contribution >= 0.6 is 0 Å². The molecule has 6 nitrogen and oxygen atoms in total. The fraction of sp³-hybridized carbons (Fsp3) is 0.440. The number of hydrogen-bond donors (Lipinski definition) is 1. The van der Waals surface area contributed by atoms with Gasteiger partial charge in [0, 0.05) is 13.1 Å². The van der Waals surface area contributed by atoms with Gasteiger partial charge in [-0.2, -0.15) is 0 Å². The van der Waals surface area contributed by atoms with Crippen molar-refractivity contribution in [1.82, 2.24) is 10.2 Å². The molecule has 0 unspecified atom stereocenters. The molecule has 1 atom stereocenters. The van der Waals surface area contributed by atoms with Gasteiger partial charge in [-0.15, -0.1) is 0 Å². The summed E-state index contributed by atoms with van der Waals surface area (Å²) in [4.78, 5) is 27.4. The number of ether oxygens (including phenoxy) is 2. The van der Waals surface area contributed by atoms with Crippen molar-refractivity contribution in [2.24, 2.45) is 0 Å². The number of carbonyl (C=O) groups excluding carboxylic acids is 2. The Morgan fingerprint density at radius 2 is 1.90 bits per heavy atom. The zero-order valence-corrected chi connectivity index (χ0v) is 19.2. The molecule has 0 heterocycles. The number of nitrogens with one attached hydrogen (secondary N) is 1. The number of hydrogen-bond acceptors (Lipinski definition) is 4. The molecule has 6 heteroatoms. The number of benzene rings is 2. The normalized spacial score (nSPS) is 11.5. The molecule has 0 fully saturated rings. The maximum atomic E-state index is 13.1. The molecule has 0 aliphatic rings. The molecule has 1 N–H and O–H groups in total. The lowest BCUT2D eigenvalue weighted by Crippen LogP contribution is -2.49. The summed E-state index contributed by atoms with van der Waals surface area (Å²) >= 11 is 0. The van der Waals surface area contributed by atoms with Crippen LogP contribution in [-0.2, 0) is 16.1 Å². The highest BCUT2D eigenvalue weighted by Crippen LogP contribution is 2.20. The van der Waals surface area contributed by atoms with Crippen LogP contribution in [0.25, 0.3) is 0 Å². The summed E-state index contributed by atoms with van der Waals surface area (Å²) < 4.78 is 11.1. The van der Waals surface area contributed by atoms with E-state index in [2.05, 4.69) is 12.2 Å². The predicted molar refractivity (Wildman–Crippen MR) is 122 cm³/mol. The second kappa shape index (κ2) is 12.0. The average Bonchev–Trinajstić information content (AvgIpc) is 2.77. The molecule has 168 valence electrons. The van der Waals surface area contributed by atoms with Crippen molar-refractivity contribution in [3.8, 4) is 11.5 Å². The summed E-state index contributed by atoms with van der Waals surface area (Å²) in [6.45, 7) is 8.48. The van der Waals surface area contributed by atoms with Gasteiger partial charge in [0.05, 0.1) is 7.11 Å². The first-order valence-electron chi connectivity index (χ1n) is 10.8. The fourth-order valence-corrected chi connectivity index (χ4v) is 3.17. The monoisotopic (exact) mass is 426 g/mol. The molecule has 2 amide bonds. The van der Waals surface area contributed by atoms with Crippen LogP contribution in [0.1, 0.15) is 43.4 Å². The van der Waals surface area contributed by atoms with Crippen molar-refractivity contribution < 1.29 is 19.1 Å². The Bertz CT molecular complexity index is 882. The van der Waals surface area contributed by atoms with E-state index in [-0.39, 0.29) is 25.0 Å². The zero-order chi connectivity index (χ0) is 22.8. The van der Waals surface area contributed by atoms with Crippen LogP contribution < -0.4 is 14.8 Å². The second-order valence-corrected chi connectivity index (χ2v) is 7.75. The molecule has 0 spiro atoms. The lowest BCUT2D eigenvalue weighted by atomic mass is 10.1. The van der Waals surface area contributed by atoms with E-state index in [1.807, 2.05) is 56.3 Å². The number of amides is 2. The van der Waals surface area contributed by atoms with Crippen LogP contribution in [0.4, 0.5) is 0 Å². The Labute approximate surface area is 185 Å². The number of aryl methyl sites for hydroxylation is 2. The fourth-order valence-electron chi connectivity index (χ4n) is 3.17. The van der Waals surface area contributed by atoms with E-state index in [0.29, 0.717) is 18.0 Å². The SMILES string of the molecule is CCCCNC(=O)[C@@H](C)N(Cc1cccc(OC)c1)C(=O)COc1cc(C)ccc1C. The molecule has 0 aliphatic heterocycles. The van der Waals surface area contributed by atoms with Crippen molar-refractivity contribution in [3.05, 3.63) is 59.2 Å². The number of rotatable bonds is 11. The summed E-state index contributed by atoms with van der Waals surface area (Å²) in [7, 11) is 1.60. The maximum Gasteiger partial charge on any atom is 0.261 e. The van der Waals surface area contributed by atoms with E-state index in [4.69, 9.17) is 9.47 Å². The van der Waals surface area contributed by atoms with Crippen molar-refractivity contribution in [2.75, 3.05) is 20.3 Å². The first kappa shape index (κ1) is 24.3. The van der Waals surface area contributed by atoms with Gasteiger partial charge in [0.1, 0.15) is 17.5 Å². The maximum absolute atomic E-state index is 13.1. The minimum Gasteiger partial charge on any atom is -0.497 e. The van der Waals surface area contributed by atoms with Gasteiger partial charge in [0.2, 0.25) is 5.91 Å². The average molecular weight is 427 g/mol. The summed E-state index contributed by atoms with van der Waals surface area (Å²) in [5.41, 5.74) is 2.90. The summed E-state index contributed by atoms with van der Waals surface area (Å²) in [6.07, 6.45) is 1.89. The van der Waals surface area contributed by atoms with Gasteiger partial charge in [0.25, 0.3) is 5.91 Å². The van der Waals surface area contributed by atoms with Crippen LogP contribution in [0, 0.1) is 13.8 Å². The Morgan fingerprint density at radius 3 is 2.61 bits per heavy atom. The van der Waals surface area contributed by atoms with Gasteiger partial charge in [-0.25, -0.2) is 0 Å². The largest absolute Gasteiger partial charge is 0.497 e. The molecule has 0 bridgehead atoms. The molecule has 0 saturated heterocycles. The Morgan fingerprint density at radius 1 is 1.13 bits per heavy atom. The van der Waals surface area contributed by atoms with Crippen LogP contribution in [0.2, 0.25) is 0 Å². The lowest BCUT2D eigenvalue weighted by Gasteiger charge is -2.29. The van der Waals surface area contributed by atoms with E-state index < -0.39 is 6.04 Å². The highest BCUT2D eigenvalue weighted by atomic mass is 16.5.